The fraction of sp³-hybridized carbons (Fsp3) is 0.861. The van der Waals surface area contributed by atoms with Crippen molar-refractivity contribution in [1.82, 2.24) is 36.1 Å². The first-order valence-electron chi connectivity index (χ1n) is 51.7. The maximum absolute atomic E-state index is 5.37. The van der Waals surface area contributed by atoms with Gasteiger partial charge in [-0.3, -0.25) is 9.97 Å². The van der Waals surface area contributed by atoms with Crippen molar-refractivity contribution in [2.75, 3.05) is 118 Å². The van der Waals surface area contributed by atoms with Crippen molar-refractivity contribution in [3.05, 3.63) is 90.0 Å². The third-order valence-corrected chi connectivity index (χ3v) is 29.6. The number of fused-ring (bicyclic) bond motifs is 3. The lowest BCUT2D eigenvalue weighted by Gasteiger charge is -2.58. The van der Waals surface area contributed by atoms with Crippen LogP contribution in [0.5, 0.6) is 0 Å². The van der Waals surface area contributed by atoms with Gasteiger partial charge in [-0.15, -0.1) is 0 Å². The predicted octanol–water partition coefficient (Wildman–Crippen LogP) is 29.0. The summed E-state index contributed by atoms with van der Waals surface area (Å²) >= 11 is 0. The van der Waals surface area contributed by atoms with Crippen molar-refractivity contribution in [2.24, 2.45) is 130 Å². The molecule has 2 bridgehead atoms. The lowest BCUT2D eigenvalue weighted by atomic mass is 9.52. The van der Waals surface area contributed by atoms with Gasteiger partial charge in [0.15, 0.2) is 0 Å². The van der Waals surface area contributed by atoms with Gasteiger partial charge in [-0.1, -0.05) is 281 Å². The topological polar surface area (TPSA) is 108 Å². The Balaban J connectivity index is 0.000000359. The average Bonchev–Trinajstić information content (AvgIpc) is 0.922. The van der Waals surface area contributed by atoms with Crippen LogP contribution in [-0.4, -0.2) is 140 Å². The summed E-state index contributed by atoms with van der Waals surface area (Å²) in [7, 11) is 4.23. The van der Waals surface area contributed by atoms with Crippen LogP contribution in [0.3, 0.4) is 0 Å². The molecule has 4 N–H and O–H groups in total. The van der Waals surface area contributed by atoms with Gasteiger partial charge in [0, 0.05) is 95.2 Å². The summed E-state index contributed by atoms with van der Waals surface area (Å²) in [5.41, 5.74) is 11.4. The molecule has 7 atom stereocenters. The van der Waals surface area contributed by atoms with Crippen LogP contribution in [0.4, 0.5) is 5.69 Å². The first-order chi connectivity index (χ1) is 57.9. The molecule has 8 saturated heterocycles. The molecule has 11 heteroatoms. The summed E-state index contributed by atoms with van der Waals surface area (Å²) in [6.45, 7) is 102. The van der Waals surface area contributed by atoms with E-state index in [0.717, 1.165) is 155 Å². The Morgan fingerprint density at radius 2 is 0.849 bits per heavy atom. The molecule has 7 unspecified atom stereocenters. The summed E-state index contributed by atoms with van der Waals surface area (Å²) in [6.07, 6.45) is 34.1. The zero-order valence-electron chi connectivity index (χ0n) is 91.2. The molecule has 8 aliphatic heterocycles. The highest BCUT2D eigenvalue weighted by atomic mass is 16.5. The highest BCUT2D eigenvalue weighted by molar-refractivity contribution is 5.48. The number of hydrogen-bond donors (Lipinski definition) is 4. The van der Waals surface area contributed by atoms with E-state index >= 15 is 0 Å². The highest BCUT2D eigenvalue weighted by Crippen LogP contribution is 2.55. The number of morpholine rings is 1. The number of hydrogen-bond acceptors (Lipinski definition) is 11. The predicted molar refractivity (Wildman–Crippen MR) is 555 cm³/mol. The molecule has 0 radical (unpaired) electrons. The van der Waals surface area contributed by atoms with Gasteiger partial charge in [-0.2, -0.15) is 0 Å². The van der Waals surface area contributed by atoms with E-state index in [1.165, 1.54) is 177 Å². The molecule has 734 valence electrons. The largest absolute Gasteiger partial charge is 0.381 e. The lowest BCUT2D eigenvalue weighted by Crippen LogP contribution is -2.61. The summed E-state index contributed by atoms with van der Waals surface area (Å²) in [5, 5.41) is 14.0. The second-order valence-corrected chi connectivity index (χ2v) is 54.1. The minimum absolute atomic E-state index is 0.362. The van der Waals surface area contributed by atoms with Gasteiger partial charge in [0.05, 0.1) is 13.2 Å². The Hall–Kier alpha value is -3.00. The smallest absolute Gasteiger partial charge is 0.0642 e. The van der Waals surface area contributed by atoms with Crippen molar-refractivity contribution < 1.29 is 14.2 Å². The second kappa shape index (κ2) is 53.9. The van der Waals surface area contributed by atoms with Gasteiger partial charge in [-0.05, 0) is 346 Å². The van der Waals surface area contributed by atoms with Crippen LogP contribution < -0.4 is 26.2 Å². The Kier molecular flexibility index (Phi) is 50.1. The summed E-state index contributed by atoms with van der Waals surface area (Å²) in [5.74, 6) is 10.2. The van der Waals surface area contributed by atoms with Crippen molar-refractivity contribution in [2.45, 2.75) is 397 Å². The van der Waals surface area contributed by atoms with Crippen molar-refractivity contribution in [3.8, 4) is 0 Å². The molecule has 2 saturated carbocycles. The monoisotopic (exact) mass is 1760 g/mol. The second-order valence-electron chi connectivity index (χ2n) is 54.1. The van der Waals surface area contributed by atoms with Crippen LogP contribution in [0, 0.1) is 130 Å². The minimum Gasteiger partial charge on any atom is -0.381 e. The van der Waals surface area contributed by atoms with Gasteiger partial charge in [0.1, 0.15) is 0 Å². The number of ether oxygens (including phenoxy) is 3. The number of aromatic nitrogens is 2. The molecule has 11 nitrogen and oxygen atoms in total. The number of nitrogens with one attached hydrogen (secondary N) is 4. The van der Waals surface area contributed by atoms with Crippen LogP contribution in [0.15, 0.2) is 73.3 Å². The number of benzene rings is 1. The average molecular weight is 1760 g/mol. The van der Waals surface area contributed by atoms with E-state index in [9.17, 15) is 0 Å². The van der Waals surface area contributed by atoms with Gasteiger partial charge >= 0.3 is 0 Å². The molecule has 2 aromatic heterocycles. The summed E-state index contributed by atoms with van der Waals surface area (Å²) in [4.78, 5) is 12.7. The number of piperidine rings is 2. The molecule has 10 heterocycles. The van der Waals surface area contributed by atoms with Crippen LogP contribution in [0.1, 0.15) is 382 Å². The fourth-order valence-electron chi connectivity index (χ4n) is 19.5. The van der Waals surface area contributed by atoms with Gasteiger partial charge in [-0.25, -0.2) is 0 Å². The number of anilines is 1. The molecule has 2 aliphatic carbocycles. The van der Waals surface area contributed by atoms with E-state index in [0.29, 0.717) is 59.6 Å². The molecule has 0 amide bonds. The van der Waals surface area contributed by atoms with E-state index in [1.54, 1.807) is 0 Å². The summed E-state index contributed by atoms with van der Waals surface area (Å²) in [6, 6.07) is 19.0. The molecule has 13 rings (SSSR count). The molecule has 1 aromatic carbocycles. The first-order valence-corrected chi connectivity index (χ1v) is 51.7. The number of rotatable bonds is 10. The van der Waals surface area contributed by atoms with E-state index in [2.05, 4.69) is 354 Å². The Labute approximate surface area is 785 Å². The minimum atomic E-state index is 0.362. The number of nitrogens with zero attached hydrogens (tertiary/aromatic N) is 4. The van der Waals surface area contributed by atoms with Gasteiger partial charge < -0.3 is 45.3 Å². The van der Waals surface area contributed by atoms with E-state index < -0.39 is 0 Å². The SMILES string of the molecule is CC(C)(C)C1CC2(CNC2)C1.CC(C)(C)C1CC2CCC(C1)N2.CC(C)(C)C1CC2CNCC2C1.CC(C)(C)CC1CCOCC1.CC(C)(C)Cc1ccc(N2CCOCC2)cc1.CC(C)(C)Cc1cccnc1.CC(C)(C)Cc1ccncc1.CC(C1CCNCC1)C(C)(C)C.CC(C1CCOCC1)C(C)(C)C.CCC(C)C(C)(C)C.CN(C)CCC(C)(C)C. The normalized spacial score (nSPS) is 23.3. The molecule has 126 heavy (non-hydrogen) atoms. The Morgan fingerprint density at radius 3 is 1.21 bits per heavy atom. The van der Waals surface area contributed by atoms with Crippen molar-refractivity contribution in [3.63, 3.8) is 0 Å². The Bertz CT molecular complexity index is 3090. The highest BCUT2D eigenvalue weighted by Gasteiger charge is 2.51. The maximum Gasteiger partial charge on any atom is 0.0642 e. The zero-order valence-corrected chi connectivity index (χ0v) is 91.2. The maximum atomic E-state index is 5.37. The molecule has 3 aromatic rings. The zero-order chi connectivity index (χ0) is 95.6. The van der Waals surface area contributed by atoms with Crippen LogP contribution in [0.2, 0.25) is 0 Å². The van der Waals surface area contributed by atoms with Gasteiger partial charge in [0.25, 0.3) is 0 Å². The van der Waals surface area contributed by atoms with Gasteiger partial charge in [0.2, 0.25) is 0 Å². The molecular weight excluding hydrogens is 1540 g/mol. The molecular formula is C115H216N8O3. The van der Waals surface area contributed by atoms with Crippen LogP contribution in [-0.2, 0) is 33.5 Å². The Morgan fingerprint density at radius 1 is 0.429 bits per heavy atom. The number of pyridine rings is 2. The van der Waals surface area contributed by atoms with Crippen LogP contribution >= 0.6 is 0 Å². The summed E-state index contributed by atoms with van der Waals surface area (Å²) < 4.78 is 16.0. The standard InChI is InChI=1S/C15H23NO.2C11H21N.C11H23N.C11H22O.C10H19N.2C10H15N.C10H20O.C8H19N.C8H18/c1-15(2,3)12-13-4-6-14(7-5-13)16-8-10-17-11-9-16;1-11(2,3)10-4-8-6-12-7-9(8)5-10;1-11(2,3)8-6-9-4-5-10(7-8)12-9;2*1-9(11(2,3)4)10-5-7-12-8-6-10;1-9(2,3)8-4-10(5-8)6-11-7-10;1-10(2,3)8-9-4-6-11-7-5-9;1-10(2,3)7-9-5-4-6-11-8-9;1-10(2,3)8-9-4-6-11-7-5-9;1-8(2,3)6-7-9(4)5;1-6-7(2)8(3,4)5/h4-7H,8-12H2,1-3H3;2*8-10,12H,4-7H2,1-3H3;9-10,12H,5-8H2,1-4H3;9-10H,5-8H2,1-4H3;8,11H,4-7H2,1-3H3;4-7H,8H2,1-3H3;4-6,8H,7H2,1-3H3;9H,4-8H2,1-3H3;6-7H2,1-5H3;7H,6H2,1-5H3. The third-order valence-electron chi connectivity index (χ3n) is 29.6. The molecule has 10 aliphatic rings. The van der Waals surface area contributed by atoms with Crippen LogP contribution in [0.25, 0.3) is 0 Å². The quantitative estimate of drug-likeness (QED) is 0.156. The first kappa shape index (κ1) is 117. The lowest BCUT2D eigenvalue weighted by molar-refractivity contribution is -0.0503. The van der Waals surface area contributed by atoms with E-state index in [-0.39, 0.29) is 0 Å². The van der Waals surface area contributed by atoms with E-state index in [1.807, 2.05) is 30.9 Å². The third kappa shape index (κ3) is 51.5. The molecule has 10 fully saturated rings. The van der Waals surface area contributed by atoms with Crippen molar-refractivity contribution >= 4 is 5.69 Å². The van der Waals surface area contributed by atoms with E-state index in [4.69, 9.17) is 14.2 Å². The molecule has 1 spiro atoms. The fourth-order valence-corrected chi connectivity index (χ4v) is 19.5. The van der Waals surface area contributed by atoms with Crippen molar-refractivity contribution in [1.29, 1.82) is 0 Å².